The molecule has 0 aromatic heterocycles. The average Bonchev–Trinajstić information content (AvgIpc) is 2.62. The summed E-state index contributed by atoms with van der Waals surface area (Å²) in [5.41, 5.74) is 3.52. The fourth-order valence-electron chi connectivity index (χ4n) is 5.03. The van der Waals surface area contributed by atoms with Gasteiger partial charge in [-0.25, -0.2) is 0 Å². The average molecular weight is 345 g/mol. The lowest BCUT2D eigenvalue weighted by atomic mass is 9.87. The quantitative estimate of drug-likeness (QED) is 0.406. The van der Waals surface area contributed by atoms with E-state index in [1.807, 2.05) is 0 Å². The van der Waals surface area contributed by atoms with Gasteiger partial charge >= 0.3 is 0 Å². The first-order valence-electron chi connectivity index (χ1n) is 10.3. The first-order valence-corrected chi connectivity index (χ1v) is 12.4. The molecule has 0 spiro atoms. The Morgan fingerprint density at radius 2 is 1.33 bits per heavy atom. The molecule has 3 rings (SSSR count). The summed E-state index contributed by atoms with van der Waals surface area (Å²) < 4.78 is 0. The van der Waals surface area contributed by atoms with Gasteiger partial charge in [-0.1, -0.05) is 53.0 Å². The highest BCUT2D eigenvalue weighted by molar-refractivity contribution is 7.85. The fourth-order valence-corrected chi connectivity index (χ4v) is 9.79. The van der Waals surface area contributed by atoms with E-state index < -0.39 is 7.26 Å². The van der Waals surface area contributed by atoms with Crippen molar-refractivity contribution < 1.29 is 0 Å². The van der Waals surface area contributed by atoms with Crippen LogP contribution in [0.25, 0.3) is 0 Å². The van der Waals surface area contributed by atoms with E-state index in [0.29, 0.717) is 0 Å². The van der Waals surface area contributed by atoms with E-state index in [9.17, 15) is 0 Å². The first kappa shape index (κ1) is 18.4. The van der Waals surface area contributed by atoms with Crippen molar-refractivity contribution in [3.8, 4) is 0 Å². The lowest BCUT2D eigenvalue weighted by Crippen LogP contribution is -2.33. The number of hydrogen-bond acceptors (Lipinski definition) is 0. The van der Waals surface area contributed by atoms with Crippen LogP contribution in [0.4, 0.5) is 0 Å². The van der Waals surface area contributed by atoms with Crippen LogP contribution in [0.1, 0.15) is 90.5 Å². The van der Waals surface area contributed by atoms with Crippen LogP contribution in [0.5, 0.6) is 0 Å². The second-order valence-electron chi connectivity index (χ2n) is 9.31. The van der Waals surface area contributed by atoms with Crippen LogP contribution in [0.2, 0.25) is 0 Å². The molecular weight excluding hydrogens is 307 g/mol. The zero-order valence-corrected chi connectivity index (χ0v) is 17.1. The molecule has 2 saturated carbocycles. The van der Waals surface area contributed by atoms with Crippen LogP contribution in [-0.4, -0.2) is 11.3 Å². The van der Waals surface area contributed by atoms with Gasteiger partial charge in [0.05, 0.1) is 5.30 Å². The van der Waals surface area contributed by atoms with Crippen molar-refractivity contribution in [2.45, 2.75) is 102 Å². The molecule has 24 heavy (non-hydrogen) atoms. The predicted octanol–water partition coefficient (Wildman–Crippen LogP) is 7.08. The molecule has 2 fully saturated rings. The largest absolute Gasteiger partial charge is 0.174 e. The van der Waals surface area contributed by atoms with E-state index in [4.69, 9.17) is 6.66 Å². The summed E-state index contributed by atoms with van der Waals surface area (Å²) in [5.74, 6) is 0. The minimum absolute atomic E-state index is 0.236. The van der Waals surface area contributed by atoms with E-state index >= 15 is 0 Å². The summed E-state index contributed by atoms with van der Waals surface area (Å²) in [6.45, 7) is 12.2. The summed E-state index contributed by atoms with van der Waals surface area (Å²) in [4.78, 5) is 0. The Morgan fingerprint density at radius 3 is 1.79 bits per heavy atom. The van der Waals surface area contributed by atoms with Gasteiger partial charge in [0.15, 0.2) is 0 Å². The summed E-state index contributed by atoms with van der Waals surface area (Å²) >= 11 is 0. The summed E-state index contributed by atoms with van der Waals surface area (Å²) in [6.07, 6.45) is 14.4. The molecule has 0 aliphatic heterocycles. The molecule has 0 amide bonds. The zero-order valence-electron chi connectivity index (χ0n) is 16.2. The van der Waals surface area contributed by atoms with Crippen LogP contribution >= 0.6 is 7.26 Å². The Bertz CT molecular complexity index is 509. The highest BCUT2D eigenvalue weighted by Gasteiger charge is 2.44. The van der Waals surface area contributed by atoms with Crippen molar-refractivity contribution in [2.75, 3.05) is 0 Å². The maximum absolute atomic E-state index is 5.12. The lowest BCUT2D eigenvalue weighted by molar-refractivity contribution is 0.483. The van der Waals surface area contributed by atoms with Gasteiger partial charge in [-0.15, -0.1) is 0 Å². The topological polar surface area (TPSA) is 0 Å². The summed E-state index contributed by atoms with van der Waals surface area (Å²) in [7, 11) is -1.32. The first-order chi connectivity index (χ1) is 11.4. The van der Waals surface area contributed by atoms with Crippen LogP contribution in [0, 0.1) is 6.66 Å². The van der Waals surface area contributed by atoms with E-state index in [2.05, 4.69) is 45.0 Å². The molecule has 0 saturated heterocycles. The van der Waals surface area contributed by atoms with Crippen molar-refractivity contribution in [1.82, 2.24) is 0 Å². The molecule has 1 aromatic carbocycles. The van der Waals surface area contributed by atoms with Gasteiger partial charge < -0.3 is 0 Å². The minimum atomic E-state index is -1.32. The fraction of sp³-hybridized carbons (Fsp3) is 0.696. The smallest absolute Gasteiger partial charge is 0.0654 e. The molecule has 1 heteroatoms. The molecule has 0 nitrogen and oxygen atoms in total. The van der Waals surface area contributed by atoms with Gasteiger partial charge in [-0.3, -0.25) is 0 Å². The molecule has 134 valence electrons. The lowest BCUT2D eigenvalue weighted by Gasteiger charge is -2.47. The maximum Gasteiger partial charge on any atom is 0.0654 e. The Labute approximate surface area is 151 Å². The Hall–Kier alpha value is -0.350. The van der Waals surface area contributed by atoms with Crippen molar-refractivity contribution in [2.24, 2.45) is 0 Å². The van der Waals surface area contributed by atoms with Gasteiger partial charge in [0, 0.05) is 11.3 Å². The van der Waals surface area contributed by atoms with Gasteiger partial charge in [0.2, 0.25) is 0 Å². The van der Waals surface area contributed by atoms with Crippen molar-refractivity contribution >= 4 is 12.6 Å². The minimum Gasteiger partial charge on any atom is -0.174 e. The molecule has 0 N–H and O–H groups in total. The molecular formula is C23H37P. The highest BCUT2D eigenvalue weighted by Crippen LogP contribution is 2.70. The van der Waals surface area contributed by atoms with Gasteiger partial charge in [-0.2, -0.15) is 6.66 Å². The molecule has 0 bridgehead atoms. The second kappa shape index (κ2) is 7.49. The van der Waals surface area contributed by atoms with E-state index in [1.54, 1.807) is 5.30 Å². The van der Waals surface area contributed by atoms with E-state index in [0.717, 1.165) is 11.3 Å². The number of rotatable bonds is 3. The van der Waals surface area contributed by atoms with E-state index in [1.165, 1.54) is 69.8 Å². The molecule has 0 unspecified atom stereocenters. The van der Waals surface area contributed by atoms with Crippen molar-refractivity contribution in [3.63, 3.8) is 0 Å². The maximum atomic E-state index is 5.12. The summed E-state index contributed by atoms with van der Waals surface area (Å²) in [5, 5.41) is 1.65. The van der Waals surface area contributed by atoms with Gasteiger partial charge in [0.1, 0.15) is 0 Å². The monoisotopic (exact) mass is 344 g/mol. The van der Waals surface area contributed by atoms with Crippen LogP contribution in [-0.2, 0) is 5.41 Å². The van der Waals surface area contributed by atoms with Crippen LogP contribution in [0.3, 0.4) is 0 Å². The Kier molecular flexibility index (Phi) is 5.75. The predicted molar refractivity (Wildman–Crippen MR) is 111 cm³/mol. The molecule has 0 radical (unpaired) electrons. The highest BCUT2D eigenvalue weighted by atomic mass is 31.2. The van der Waals surface area contributed by atoms with Crippen molar-refractivity contribution in [1.29, 1.82) is 0 Å². The Morgan fingerprint density at radius 1 is 0.833 bits per heavy atom. The molecule has 2 aliphatic rings. The van der Waals surface area contributed by atoms with Crippen LogP contribution in [0.15, 0.2) is 24.3 Å². The third kappa shape index (κ3) is 3.75. The van der Waals surface area contributed by atoms with Crippen LogP contribution < -0.4 is 5.30 Å². The van der Waals surface area contributed by atoms with Gasteiger partial charge in [0.25, 0.3) is 0 Å². The molecule has 1 aromatic rings. The van der Waals surface area contributed by atoms with E-state index in [-0.39, 0.29) is 5.41 Å². The number of benzene rings is 1. The molecule has 0 atom stereocenters. The normalized spacial score (nSPS) is 21.8. The summed E-state index contributed by atoms with van der Waals surface area (Å²) in [6, 6.07) is 9.65. The standard InChI is InChI=1S/C23H37P/c1-23(2,3)19-12-11-17-22(18-19)24(4,20-13-7-5-8-14-20)21-15-9-6-10-16-21/h11-12,17-18,20-21H,4-10,13-16H2,1-3H3. The Balaban J connectivity index is 2.00. The molecule has 2 aliphatic carbocycles. The SMILES string of the molecule is [CH2-][P+](c1cccc(C(C)(C)C)c1)(C1CCCCC1)C1CCCCC1. The third-order valence-corrected chi connectivity index (χ3v) is 11.5. The van der Waals surface area contributed by atoms with Gasteiger partial charge in [-0.05, 0) is 74.5 Å². The molecule has 0 heterocycles. The second-order valence-corrected chi connectivity index (χ2v) is 13.2. The third-order valence-electron chi connectivity index (χ3n) is 6.65. The zero-order chi connectivity index (χ0) is 17.2. The van der Waals surface area contributed by atoms with Crippen molar-refractivity contribution in [3.05, 3.63) is 36.5 Å². The number of hydrogen-bond donors (Lipinski definition) is 0.